The van der Waals surface area contributed by atoms with E-state index in [-0.39, 0.29) is 5.97 Å². The smallest absolute Gasteiger partial charge is 0.356 e. The Hall–Kier alpha value is -2.43. The van der Waals surface area contributed by atoms with Gasteiger partial charge in [-0.1, -0.05) is 12.1 Å². The van der Waals surface area contributed by atoms with Crippen LogP contribution in [0.3, 0.4) is 0 Å². The highest BCUT2D eigenvalue weighted by molar-refractivity contribution is 5.87. The molecule has 106 valence electrons. The Morgan fingerprint density at radius 1 is 1.30 bits per heavy atom. The van der Waals surface area contributed by atoms with E-state index < -0.39 is 0 Å². The van der Waals surface area contributed by atoms with Crippen molar-refractivity contribution in [1.82, 2.24) is 4.68 Å². The molecule has 0 fully saturated rings. The second-order valence-electron chi connectivity index (χ2n) is 4.17. The zero-order valence-corrected chi connectivity index (χ0v) is 11.6. The number of carbonyl (C=O) groups excluding carboxylic acids is 1. The molecule has 2 rings (SSSR count). The summed E-state index contributed by atoms with van der Waals surface area (Å²) < 4.78 is 11.8. The van der Waals surface area contributed by atoms with Crippen LogP contribution in [0.15, 0.2) is 42.6 Å². The van der Waals surface area contributed by atoms with Gasteiger partial charge in [-0.2, -0.15) is 0 Å². The lowest BCUT2D eigenvalue weighted by molar-refractivity contribution is 0.0515. The fourth-order valence-electron chi connectivity index (χ4n) is 1.85. The number of hydrogen-bond donors (Lipinski definition) is 1. The lowest BCUT2D eigenvalue weighted by atomic mass is 10.2. The summed E-state index contributed by atoms with van der Waals surface area (Å²) in [6, 6.07) is 11.3. The monoisotopic (exact) mass is 274 g/mol. The molecule has 5 heteroatoms. The molecular weight excluding hydrogens is 256 g/mol. The summed E-state index contributed by atoms with van der Waals surface area (Å²) in [6.45, 7) is 2.73. The van der Waals surface area contributed by atoms with Crippen LogP contribution in [0.1, 0.15) is 23.0 Å². The molecule has 5 nitrogen and oxygen atoms in total. The topological polar surface area (TPSA) is 52.5 Å². The van der Waals surface area contributed by atoms with Gasteiger partial charge in [0.15, 0.2) is 0 Å². The first-order chi connectivity index (χ1) is 9.74. The summed E-state index contributed by atoms with van der Waals surface area (Å²) in [5.41, 5.74) is 4.70. The van der Waals surface area contributed by atoms with Crippen molar-refractivity contribution < 1.29 is 14.3 Å². The summed E-state index contributed by atoms with van der Waals surface area (Å²) in [5, 5.41) is 0. The van der Waals surface area contributed by atoms with E-state index in [0.29, 0.717) is 18.8 Å². The Kier molecular flexibility index (Phi) is 4.65. The molecule has 1 N–H and O–H groups in total. The molecule has 0 atom stereocenters. The molecule has 1 aromatic heterocycles. The quantitative estimate of drug-likeness (QED) is 0.822. The van der Waals surface area contributed by atoms with Crippen molar-refractivity contribution in [3.8, 4) is 5.75 Å². The predicted octanol–water partition coefficient (Wildman–Crippen LogP) is 2.42. The number of nitrogens with zero attached hydrogens (tertiary/aromatic N) is 1. The molecule has 0 amide bonds. The predicted molar refractivity (Wildman–Crippen MR) is 76.4 cm³/mol. The third kappa shape index (κ3) is 3.32. The van der Waals surface area contributed by atoms with E-state index in [0.717, 1.165) is 11.3 Å². The van der Waals surface area contributed by atoms with Crippen LogP contribution in [0.2, 0.25) is 0 Å². The number of methoxy groups -OCH3 is 1. The van der Waals surface area contributed by atoms with E-state index in [1.807, 2.05) is 24.3 Å². The molecule has 0 radical (unpaired) electrons. The van der Waals surface area contributed by atoms with E-state index >= 15 is 0 Å². The van der Waals surface area contributed by atoms with Crippen LogP contribution < -0.4 is 10.2 Å². The standard InChI is InChI=1S/C15H18N2O3/c1-3-20-15(18)14-8-5-9-17(14)16-11-12-6-4-7-13(10-12)19-2/h4-10,16H,3,11H2,1-2H3. The second kappa shape index (κ2) is 6.65. The van der Waals surface area contributed by atoms with Crippen LogP contribution in [0.5, 0.6) is 5.75 Å². The highest BCUT2D eigenvalue weighted by atomic mass is 16.5. The molecule has 0 unspecified atom stereocenters. The highest BCUT2D eigenvalue weighted by Crippen LogP contribution is 2.13. The van der Waals surface area contributed by atoms with Gasteiger partial charge in [0.05, 0.1) is 20.3 Å². The van der Waals surface area contributed by atoms with Crippen LogP contribution in [0.4, 0.5) is 0 Å². The van der Waals surface area contributed by atoms with E-state index in [1.54, 1.807) is 37.0 Å². The van der Waals surface area contributed by atoms with Gasteiger partial charge >= 0.3 is 5.97 Å². The van der Waals surface area contributed by atoms with Crippen LogP contribution >= 0.6 is 0 Å². The Morgan fingerprint density at radius 2 is 2.15 bits per heavy atom. The number of ether oxygens (including phenoxy) is 2. The minimum absolute atomic E-state index is 0.337. The number of esters is 1. The average molecular weight is 274 g/mol. The van der Waals surface area contributed by atoms with Crippen LogP contribution in [0, 0.1) is 0 Å². The van der Waals surface area contributed by atoms with Crippen molar-refractivity contribution in [3.05, 3.63) is 53.9 Å². The van der Waals surface area contributed by atoms with Crippen molar-refractivity contribution in [2.24, 2.45) is 0 Å². The molecule has 1 heterocycles. The van der Waals surface area contributed by atoms with Gasteiger partial charge in [-0.25, -0.2) is 4.79 Å². The van der Waals surface area contributed by atoms with Crippen molar-refractivity contribution >= 4 is 5.97 Å². The van der Waals surface area contributed by atoms with Gasteiger partial charge < -0.3 is 14.9 Å². The number of hydrogen-bond acceptors (Lipinski definition) is 4. The first-order valence-electron chi connectivity index (χ1n) is 6.46. The fourth-order valence-corrected chi connectivity index (χ4v) is 1.85. The molecule has 0 saturated carbocycles. The molecule has 0 saturated heterocycles. The summed E-state index contributed by atoms with van der Waals surface area (Å²) in [4.78, 5) is 11.7. The Balaban J connectivity index is 2.04. The second-order valence-corrected chi connectivity index (χ2v) is 4.17. The largest absolute Gasteiger partial charge is 0.497 e. The van der Waals surface area contributed by atoms with Gasteiger partial charge in [0.25, 0.3) is 0 Å². The van der Waals surface area contributed by atoms with E-state index in [4.69, 9.17) is 9.47 Å². The normalized spacial score (nSPS) is 10.1. The minimum Gasteiger partial charge on any atom is -0.497 e. The number of aromatic nitrogens is 1. The van der Waals surface area contributed by atoms with Gasteiger partial charge in [-0.05, 0) is 36.8 Å². The van der Waals surface area contributed by atoms with Gasteiger partial charge in [0.2, 0.25) is 0 Å². The zero-order valence-electron chi connectivity index (χ0n) is 11.6. The molecular formula is C15H18N2O3. The third-order valence-electron chi connectivity index (χ3n) is 2.82. The third-order valence-corrected chi connectivity index (χ3v) is 2.82. The maximum Gasteiger partial charge on any atom is 0.356 e. The molecule has 0 aliphatic carbocycles. The number of benzene rings is 1. The van der Waals surface area contributed by atoms with Crippen molar-refractivity contribution in [3.63, 3.8) is 0 Å². The molecule has 0 aliphatic rings. The average Bonchev–Trinajstić information content (AvgIpc) is 2.94. The summed E-state index contributed by atoms with van der Waals surface area (Å²) in [6.07, 6.45) is 1.78. The molecule has 0 bridgehead atoms. The van der Waals surface area contributed by atoms with E-state index in [1.165, 1.54) is 0 Å². The molecule has 20 heavy (non-hydrogen) atoms. The summed E-state index contributed by atoms with van der Waals surface area (Å²) in [5.74, 6) is 0.470. The molecule has 1 aromatic carbocycles. The van der Waals surface area contributed by atoms with Gasteiger partial charge in [-0.3, -0.25) is 4.68 Å². The van der Waals surface area contributed by atoms with Gasteiger partial charge in [-0.15, -0.1) is 0 Å². The first kappa shape index (κ1) is 14.0. The Morgan fingerprint density at radius 3 is 2.90 bits per heavy atom. The van der Waals surface area contributed by atoms with Crippen molar-refractivity contribution in [2.75, 3.05) is 19.1 Å². The van der Waals surface area contributed by atoms with Crippen molar-refractivity contribution in [2.45, 2.75) is 13.5 Å². The molecule has 0 aliphatic heterocycles. The van der Waals surface area contributed by atoms with Gasteiger partial charge in [0.1, 0.15) is 11.4 Å². The minimum atomic E-state index is -0.337. The van der Waals surface area contributed by atoms with Crippen LogP contribution in [-0.4, -0.2) is 24.4 Å². The maximum absolute atomic E-state index is 11.7. The summed E-state index contributed by atoms with van der Waals surface area (Å²) in [7, 11) is 1.64. The summed E-state index contributed by atoms with van der Waals surface area (Å²) >= 11 is 0. The highest BCUT2D eigenvalue weighted by Gasteiger charge is 2.11. The number of carbonyl (C=O) groups is 1. The lowest BCUT2D eigenvalue weighted by Crippen LogP contribution is -2.20. The zero-order chi connectivity index (χ0) is 14.4. The number of rotatable bonds is 6. The number of nitrogens with one attached hydrogen (secondary N) is 1. The molecule has 2 aromatic rings. The van der Waals surface area contributed by atoms with Crippen LogP contribution in [-0.2, 0) is 11.3 Å². The fraction of sp³-hybridized carbons (Fsp3) is 0.267. The maximum atomic E-state index is 11.7. The van der Waals surface area contributed by atoms with E-state index in [9.17, 15) is 4.79 Å². The Bertz CT molecular complexity index is 578. The van der Waals surface area contributed by atoms with Gasteiger partial charge in [0, 0.05) is 6.20 Å². The van der Waals surface area contributed by atoms with Crippen molar-refractivity contribution in [1.29, 1.82) is 0 Å². The SMILES string of the molecule is CCOC(=O)c1cccn1NCc1cccc(OC)c1. The molecule has 0 spiro atoms. The lowest BCUT2D eigenvalue weighted by Gasteiger charge is -2.12. The Labute approximate surface area is 118 Å². The first-order valence-corrected chi connectivity index (χ1v) is 6.46. The van der Waals surface area contributed by atoms with E-state index in [2.05, 4.69) is 5.43 Å². The van der Waals surface area contributed by atoms with Crippen LogP contribution in [0.25, 0.3) is 0 Å².